The van der Waals surface area contributed by atoms with E-state index in [0.29, 0.717) is 0 Å². The summed E-state index contributed by atoms with van der Waals surface area (Å²) in [6.45, 7) is 1.63. The fourth-order valence-corrected chi connectivity index (χ4v) is 1.15. The van der Waals surface area contributed by atoms with E-state index < -0.39 is 17.8 Å². The lowest BCUT2D eigenvalue weighted by Gasteiger charge is -2.13. The van der Waals surface area contributed by atoms with Crippen molar-refractivity contribution in [3.8, 4) is 11.8 Å². The van der Waals surface area contributed by atoms with Gasteiger partial charge in [-0.1, -0.05) is 6.07 Å². The molecule has 0 bridgehead atoms. The number of hydrogen-bond acceptors (Lipinski definition) is 2. The van der Waals surface area contributed by atoms with Crippen molar-refractivity contribution in [1.29, 1.82) is 5.26 Å². The summed E-state index contributed by atoms with van der Waals surface area (Å²) in [6, 6.07) is 6.49. The minimum atomic E-state index is -4.38. The van der Waals surface area contributed by atoms with Crippen LogP contribution in [0.2, 0.25) is 0 Å². The van der Waals surface area contributed by atoms with Gasteiger partial charge in [0.05, 0.1) is 18.1 Å². The van der Waals surface area contributed by atoms with Gasteiger partial charge < -0.3 is 4.74 Å². The highest BCUT2D eigenvalue weighted by molar-refractivity contribution is 5.30. The summed E-state index contributed by atoms with van der Waals surface area (Å²) in [5, 5.41) is 8.39. The predicted molar refractivity (Wildman–Crippen MR) is 51.8 cm³/mol. The van der Waals surface area contributed by atoms with Crippen LogP contribution < -0.4 is 4.74 Å². The van der Waals surface area contributed by atoms with E-state index >= 15 is 0 Å². The molecule has 0 saturated heterocycles. The lowest BCUT2D eigenvalue weighted by molar-refractivity contribution is -0.137. The van der Waals surface area contributed by atoms with Gasteiger partial charge in [0.1, 0.15) is 11.9 Å². The molecular formula is C11H10F3NO. The molecule has 0 heterocycles. The molecule has 16 heavy (non-hydrogen) atoms. The Morgan fingerprint density at radius 1 is 1.44 bits per heavy atom. The molecule has 1 atom stereocenters. The zero-order valence-electron chi connectivity index (χ0n) is 8.58. The largest absolute Gasteiger partial charge is 0.490 e. The molecule has 0 amide bonds. The van der Waals surface area contributed by atoms with Crippen LogP contribution >= 0.6 is 0 Å². The van der Waals surface area contributed by atoms with Crippen LogP contribution in [0.25, 0.3) is 0 Å². The van der Waals surface area contributed by atoms with Crippen LogP contribution in [0, 0.1) is 11.3 Å². The van der Waals surface area contributed by atoms with Gasteiger partial charge in [0.2, 0.25) is 0 Å². The summed E-state index contributed by atoms with van der Waals surface area (Å²) in [6.07, 6.45) is -4.66. The zero-order chi connectivity index (χ0) is 12.2. The van der Waals surface area contributed by atoms with Crippen molar-refractivity contribution in [3.05, 3.63) is 29.8 Å². The quantitative estimate of drug-likeness (QED) is 0.795. The third-order valence-corrected chi connectivity index (χ3v) is 1.88. The molecule has 1 aromatic carbocycles. The van der Waals surface area contributed by atoms with Crippen LogP contribution in [-0.4, -0.2) is 6.10 Å². The molecule has 0 radical (unpaired) electrons. The van der Waals surface area contributed by atoms with Gasteiger partial charge in [-0.05, 0) is 25.1 Å². The molecule has 0 N–H and O–H groups in total. The van der Waals surface area contributed by atoms with Crippen LogP contribution in [0.1, 0.15) is 18.9 Å². The Balaban J connectivity index is 2.80. The summed E-state index contributed by atoms with van der Waals surface area (Å²) < 4.78 is 42.2. The second kappa shape index (κ2) is 4.88. The van der Waals surface area contributed by atoms with E-state index in [4.69, 9.17) is 10.00 Å². The van der Waals surface area contributed by atoms with Gasteiger partial charge in [0.25, 0.3) is 0 Å². The van der Waals surface area contributed by atoms with E-state index in [0.717, 1.165) is 12.1 Å². The molecule has 0 saturated carbocycles. The first-order valence-corrected chi connectivity index (χ1v) is 4.64. The smallest absolute Gasteiger partial charge is 0.416 e. The standard InChI is InChI=1S/C11H10F3NO/c1-8(5-6-15)16-10-4-2-3-9(7-10)11(12,13)14/h2-4,7-8H,5H2,1H3. The maximum absolute atomic E-state index is 12.3. The van der Waals surface area contributed by atoms with Crippen molar-refractivity contribution in [2.75, 3.05) is 0 Å². The molecule has 86 valence electrons. The van der Waals surface area contributed by atoms with Crippen molar-refractivity contribution < 1.29 is 17.9 Å². The molecule has 0 spiro atoms. The number of nitrogens with zero attached hydrogens (tertiary/aromatic N) is 1. The van der Waals surface area contributed by atoms with Gasteiger partial charge in [0.15, 0.2) is 0 Å². The van der Waals surface area contributed by atoms with Crippen LogP contribution in [-0.2, 0) is 6.18 Å². The van der Waals surface area contributed by atoms with Crippen molar-refractivity contribution >= 4 is 0 Å². The van der Waals surface area contributed by atoms with Gasteiger partial charge >= 0.3 is 6.18 Å². The average molecular weight is 229 g/mol. The molecular weight excluding hydrogens is 219 g/mol. The second-order valence-electron chi connectivity index (χ2n) is 3.32. The van der Waals surface area contributed by atoms with E-state index in [1.165, 1.54) is 12.1 Å². The Morgan fingerprint density at radius 2 is 2.12 bits per heavy atom. The van der Waals surface area contributed by atoms with Crippen molar-refractivity contribution in [2.24, 2.45) is 0 Å². The Labute approximate surface area is 91.3 Å². The van der Waals surface area contributed by atoms with Crippen molar-refractivity contribution in [1.82, 2.24) is 0 Å². The first-order valence-electron chi connectivity index (χ1n) is 4.64. The topological polar surface area (TPSA) is 33.0 Å². The van der Waals surface area contributed by atoms with Gasteiger partial charge in [-0.2, -0.15) is 18.4 Å². The summed E-state index contributed by atoms with van der Waals surface area (Å²) in [5.74, 6) is 0.123. The molecule has 2 nitrogen and oxygen atoms in total. The third kappa shape index (κ3) is 3.46. The maximum Gasteiger partial charge on any atom is 0.416 e. The molecule has 1 unspecified atom stereocenters. The van der Waals surface area contributed by atoms with Crippen LogP contribution in [0.15, 0.2) is 24.3 Å². The Kier molecular flexibility index (Phi) is 3.78. The molecule has 0 aliphatic carbocycles. The third-order valence-electron chi connectivity index (χ3n) is 1.88. The average Bonchev–Trinajstić information content (AvgIpc) is 2.17. The number of alkyl halides is 3. The Morgan fingerprint density at radius 3 is 2.69 bits per heavy atom. The number of ether oxygens (including phenoxy) is 1. The lowest BCUT2D eigenvalue weighted by Crippen LogP contribution is -2.11. The fourth-order valence-electron chi connectivity index (χ4n) is 1.15. The molecule has 0 aliphatic heterocycles. The molecule has 5 heteroatoms. The van der Waals surface area contributed by atoms with Gasteiger partial charge in [-0.3, -0.25) is 0 Å². The summed E-state index contributed by atoms with van der Waals surface area (Å²) >= 11 is 0. The first kappa shape index (κ1) is 12.4. The summed E-state index contributed by atoms with van der Waals surface area (Å²) in [4.78, 5) is 0. The first-order chi connectivity index (χ1) is 7.43. The van der Waals surface area contributed by atoms with E-state index in [9.17, 15) is 13.2 Å². The number of benzene rings is 1. The zero-order valence-corrected chi connectivity index (χ0v) is 8.58. The van der Waals surface area contributed by atoms with Crippen LogP contribution in [0.4, 0.5) is 13.2 Å². The van der Waals surface area contributed by atoms with E-state index in [2.05, 4.69) is 0 Å². The SMILES string of the molecule is CC(CC#N)Oc1cccc(C(F)(F)F)c1. The Hall–Kier alpha value is -1.70. The monoisotopic (exact) mass is 229 g/mol. The summed E-state index contributed by atoms with van der Waals surface area (Å²) in [7, 11) is 0. The molecule has 1 rings (SSSR count). The minimum absolute atomic E-state index is 0.123. The predicted octanol–water partition coefficient (Wildman–Crippen LogP) is 3.39. The van der Waals surface area contributed by atoms with Gasteiger partial charge in [-0.15, -0.1) is 0 Å². The van der Waals surface area contributed by atoms with E-state index in [1.54, 1.807) is 6.92 Å². The number of nitriles is 1. The highest BCUT2D eigenvalue weighted by atomic mass is 19.4. The second-order valence-corrected chi connectivity index (χ2v) is 3.32. The maximum atomic E-state index is 12.3. The van der Waals surface area contributed by atoms with E-state index in [1.807, 2.05) is 6.07 Å². The highest BCUT2D eigenvalue weighted by Crippen LogP contribution is 2.31. The van der Waals surface area contributed by atoms with Gasteiger partial charge in [0, 0.05) is 0 Å². The van der Waals surface area contributed by atoms with Crippen molar-refractivity contribution in [3.63, 3.8) is 0 Å². The molecule has 0 aromatic heterocycles. The van der Waals surface area contributed by atoms with Crippen molar-refractivity contribution in [2.45, 2.75) is 25.6 Å². The van der Waals surface area contributed by atoms with Crippen LogP contribution in [0.3, 0.4) is 0 Å². The minimum Gasteiger partial charge on any atom is -0.490 e. The normalized spacial score (nSPS) is 12.9. The summed E-state index contributed by atoms with van der Waals surface area (Å²) in [5.41, 5.74) is -0.755. The van der Waals surface area contributed by atoms with Crippen LogP contribution in [0.5, 0.6) is 5.75 Å². The number of halogens is 3. The number of hydrogen-bond donors (Lipinski definition) is 0. The Bertz CT molecular complexity index is 395. The lowest BCUT2D eigenvalue weighted by atomic mass is 10.2. The molecule has 1 aromatic rings. The number of rotatable bonds is 3. The molecule has 0 fully saturated rings. The van der Waals surface area contributed by atoms with E-state index in [-0.39, 0.29) is 12.2 Å². The molecule has 0 aliphatic rings. The highest BCUT2D eigenvalue weighted by Gasteiger charge is 2.30. The van der Waals surface area contributed by atoms with Gasteiger partial charge in [-0.25, -0.2) is 0 Å². The fraction of sp³-hybridized carbons (Fsp3) is 0.364.